The van der Waals surface area contributed by atoms with Gasteiger partial charge in [0.25, 0.3) is 0 Å². The zero-order valence-corrected chi connectivity index (χ0v) is 13.0. The van der Waals surface area contributed by atoms with E-state index in [0.717, 1.165) is 35.0 Å². The smallest absolute Gasteiger partial charge is 0.0439 e. The van der Waals surface area contributed by atoms with E-state index in [0.29, 0.717) is 12.0 Å². The maximum Gasteiger partial charge on any atom is 0.0439 e. The minimum Gasteiger partial charge on any atom is -0.314 e. The second-order valence-electron chi connectivity index (χ2n) is 4.85. The Morgan fingerprint density at radius 1 is 1.22 bits per heavy atom. The molecule has 0 radical (unpaired) electrons. The van der Waals surface area contributed by atoms with Crippen molar-refractivity contribution in [1.82, 2.24) is 5.32 Å². The van der Waals surface area contributed by atoms with E-state index in [1.807, 2.05) is 18.2 Å². The van der Waals surface area contributed by atoms with Crippen LogP contribution in [0.25, 0.3) is 0 Å². The van der Waals surface area contributed by atoms with Crippen LogP contribution in [0.4, 0.5) is 0 Å². The number of benzene rings is 1. The molecule has 1 N–H and O–H groups in total. The molecule has 0 aliphatic carbocycles. The van der Waals surface area contributed by atoms with Crippen LogP contribution in [0.2, 0.25) is 10.0 Å². The van der Waals surface area contributed by atoms with Crippen LogP contribution in [-0.4, -0.2) is 12.6 Å². The SMILES string of the molecule is CCCNC(C)C(CC)Cc1cc(Cl)ccc1Cl. The Hall–Kier alpha value is -0.240. The van der Waals surface area contributed by atoms with Crippen LogP contribution in [0.15, 0.2) is 18.2 Å². The predicted octanol–water partition coefficient (Wildman–Crippen LogP) is 4.95. The van der Waals surface area contributed by atoms with Crippen LogP contribution in [-0.2, 0) is 6.42 Å². The van der Waals surface area contributed by atoms with Gasteiger partial charge in [-0.3, -0.25) is 0 Å². The second-order valence-corrected chi connectivity index (χ2v) is 5.69. The quantitative estimate of drug-likeness (QED) is 0.748. The van der Waals surface area contributed by atoms with Gasteiger partial charge in [0.05, 0.1) is 0 Å². The summed E-state index contributed by atoms with van der Waals surface area (Å²) in [6.45, 7) is 7.74. The number of halogens is 2. The number of rotatable bonds is 7. The van der Waals surface area contributed by atoms with E-state index in [2.05, 4.69) is 26.1 Å². The van der Waals surface area contributed by atoms with Crippen LogP contribution in [0, 0.1) is 5.92 Å². The lowest BCUT2D eigenvalue weighted by atomic mass is 9.90. The Morgan fingerprint density at radius 2 is 1.94 bits per heavy atom. The molecule has 0 aliphatic heterocycles. The fourth-order valence-corrected chi connectivity index (χ4v) is 2.58. The van der Waals surface area contributed by atoms with Gasteiger partial charge in [-0.05, 0) is 56.0 Å². The summed E-state index contributed by atoms with van der Waals surface area (Å²) in [6, 6.07) is 6.22. The number of hydrogen-bond acceptors (Lipinski definition) is 1. The van der Waals surface area contributed by atoms with Gasteiger partial charge in [-0.2, -0.15) is 0 Å². The van der Waals surface area contributed by atoms with Gasteiger partial charge in [0.1, 0.15) is 0 Å². The topological polar surface area (TPSA) is 12.0 Å². The molecule has 0 saturated carbocycles. The first-order valence-electron chi connectivity index (χ1n) is 6.75. The monoisotopic (exact) mass is 287 g/mol. The van der Waals surface area contributed by atoms with E-state index >= 15 is 0 Å². The highest BCUT2D eigenvalue weighted by Crippen LogP contribution is 2.25. The van der Waals surface area contributed by atoms with Gasteiger partial charge >= 0.3 is 0 Å². The lowest BCUT2D eigenvalue weighted by molar-refractivity contribution is 0.362. The minimum atomic E-state index is 0.505. The number of hydrogen-bond donors (Lipinski definition) is 1. The summed E-state index contributed by atoms with van der Waals surface area (Å²) in [5, 5.41) is 5.14. The summed E-state index contributed by atoms with van der Waals surface area (Å²) in [4.78, 5) is 0. The van der Waals surface area contributed by atoms with Crippen molar-refractivity contribution in [3.63, 3.8) is 0 Å². The van der Waals surface area contributed by atoms with Crippen LogP contribution in [0.1, 0.15) is 39.2 Å². The van der Waals surface area contributed by atoms with E-state index in [-0.39, 0.29) is 0 Å². The normalized spacial score (nSPS) is 14.5. The standard InChI is InChI=1S/C15H23Cl2N/c1-4-8-18-11(3)12(5-2)9-13-10-14(16)6-7-15(13)17/h6-7,10-12,18H,4-5,8-9H2,1-3H3. The number of nitrogens with one attached hydrogen (secondary N) is 1. The minimum absolute atomic E-state index is 0.505. The molecule has 102 valence electrons. The van der Waals surface area contributed by atoms with Crippen LogP contribution >= 0.6 is 23.2 Å². The van der Waals surface area contributed by atoms with Gasteiger partial charge in [0, 0.05) is 16.1 Å². The first-order chi connectivity index (χ1) is 8.58. The molecule has 1 aromatic rings. The summed E-state index contributed by atoms with van der Waals surface area (Å²) in [7, 11) is 0. The molecule has 3 heteroatoms. The van der Waals surface area contributed by atoms with Crippen LogP contribution < -0.4 is 5.32 Å². The fourth-order valence-electron chi connectivity index (χ4n) is 2.20. The molecule has 0 spiro atoms. The zero-order valence-electron chi connectivity index (χ0n) is 11.5. The summed E-state index contributed by atoms with van der Waals surface area (Å²) < 4.78 is 0. The highest BCUT2D eigenvalue weighted by Gasteiger charge is 2.16. The largest absolute Gasteiger partial charge is 0.314 e. The highest BCUT2D eigenvalue weighted by molar-refractivity contribution is 6.33. The van der Waals surface area contributed by atoms with Crippen molar-refractivity contribution in [3.05, 3.63) is 33.8 Å². The highest BCUT2D eigenvalue weighted by atomic mass is 35.5. The molecule has 0 fully saturated rings. The zero-order chi connectivity index (χ0) is 13.5. The molecule has 1 rings (SSSR count). The second kappa shape index (κ2) is 8.04. The molecule has 2 unspecified atom stereocenters. The van der Waals surface area contributed by atoms with Gasteiger partial charge < -0.3 is 5.32 Å². The average Bonchev–Trinajstić information content (AvgIpc) is 2.36. The lowest BCUT2D eigenvalue weighted by Crippen LogP contribution is -2.34. The third-order valence-corrected chi connectivity index (χ3v) is 4.04. The predicted molar refractivity (Wildman–Crippen MR) is 81.7 cm³/mol. The molecule has 2 atom stereocenters. The van der Waals surface area contributed by atoms with Crippen molar-refractivity contribution in [1.29, 1.82) is 0 Å². The molecular formula is C15H23Cl2N. The van der Waals surface area contributed by atoms with E-state index in [9.17, 15) is 0 Å². The summed E-state index contributed by atoms with van der Waals surface area (Å²) in [5.41, 5.74) is 1.15. The maximum absolute atomic E-state index is 6.23. The van der Waals surface area contributed by atoms with Crippen molar-refractivity contribution >= 4 is 23.2 Å². The molecule has 0 amide bonds. The molecule has 1 aromatic carbocycles. The van der Waals surface area contributed by atoms with Gasteiger partial charge in [-0.25, -0.2) is 0 Å². The van der Waals surface area contributed by atoms with E-state index < -0.39 is 0 Å². The Labute approximate surface area is 121 Å². The molecule has 0 aromatic heterocycles. The van der Waals surface area contributed by atoms with Gasteiger partial charge in [-0.15, -0.1) is 0 Å². The van der Waals surface area contributed by atoms with E-state index in [4.69, 9.17) is 23.2 Å². The Bertz CT molecular complexity index is 366. The molecule has 0 bridgehead atoms. The van der Waals surface area contributed by atoms with Gasteiger partial charge in [-0.1, -0.05) is 43.5 Å². The summed E-state index contributed by atoms with van der Waals surface area (Å²) in [6.07, 6.45) is 3.28. The van der Waals surface area contributed by atoms with Gasteiger partial charge in [0.15, 0.2) is 0 Å². The molecular weight excluding hydrogens is 265 g/mol. The lowest BCUT2D eigenvalue weighted by Gasteiger charge is -2.24. The molecule has 1 nitrogen and oxygen atoms in total. The maximum atomic E-state index is 6.23. The third kappa shape index (κ3) is 4.79. The first kappa shape index (κ1) is 15.8. The summed E-state index contributed by atoms with van der Waals surface area (Å²) in [5.74, 6) is 0.590. The fraction of sp³-hybridized carbons (Fsp3) is 0.600. The van der Waals surface area contributed by atoms with Crippen molar-refractivity contribution in [2.45, 2.75) is 46.1 Å². The Morgan fingerprint density at radius 3 is 2.56 bits per heavy atom. The van der Waals surface area contributed by atoms with Gasteiger partial charge in [0.2, 0.25) is 0 Å². The van der Waals surface area contributed by atoms with Crippen molar-refractivity contribution < 1.29 is 0 Å². The van der Waals surface area contributed by atoms with Crippen molar-refractivity contribution in [2.75, 3.05) is 6.54 Å². The molecule has 18 heavy (non-hydrogen) atoms. The van der Waals surface area contributed by atoms with Crippen LogP contribution in [0.3, 0.4) is 0 Å². The van der Waals surface area contributed by atoms with Crippen LogP contribution in [0.5, 0.6) is 0 Å². The summed E-state index contributed by atoms with van der Waals surface area (Å²) >= 11 is 12.3. The first-order valence-corrected chi connectivity index (χ1v) is 7.51. The third-order valence-electron chi connectivity index (χ3n) is 3.44. The Balaban J connectivity index is 2.69. The molecule has 0 saturated heterocycles. The molecule has 0 aliphatic rings. The van der Waals surface area contributed by atoms with E-state index in [1.54, 1.807) is 0 Å². The van der Waals surface area contributed by atoms with Crippen molar-refractivity contribution in [2.24, 2.45) is 5.92 Å². The Kier molecular flexibility index (Phi) is 7.06. The van der Waals surface area contributed by atoms with E-state index in [1.165, 1.54) is 6.42 Å². The average molecular weight is 288 g/mol. The molecule has 0 heterocycles. The van der Waals surface area contributed by atoms with Crippen molar-refractivity contribution in [3.8, 4) is 0 Å².